The molecule has 3 N–H and O–H groups in total. The molecule has 1 unspecified atom stereocenters. The third-order valence-electron chi connectivity index (χ3n) is 15.4. The van der Waals surface area contributed by atoms with E-state index in [2.05, 4.69) is 41.6 Å². The summed E-state index contributed by atoms with van der Waals surface area (Å²) in [7, 11) is 3.21. The van der Waals surface area contributed by atoms with Gasteiger partial charge < -0.3 is 40.1 Å². The Morgan fingerprint density at radius 1 is 0.764 bits per heavy atom. The number of likely N-dealkylation sites (tertiary alicyclic amines) is 1. The maximum absolute atomic E-state index is 13.7. The fourth-order valence-electron chi connectivity index (χ4n) is 11.1. The van der Waals surface area contributed by atoms with Crippen LogP contribution in [-0.4, -0.2) is 134 Å². The normalized spacial score (nSPS) is 19.0. The number of methoxy groups -OCH3 is 1. The first-order valence-corrected chi connectivity index (χ1v) is 25.3. The van der Waals surface area contributed by atoms with E-state index in [0.29, 0.717) is 65.2 Å². The number of hydrogen-bond donors (Lipinski definition) is 3. The van der Waals surface area contributed by atoms with Crippen LogP contribution in [0.2, 0.25) is 0 Å². The number of hydrogen-bond acceptors (Lipinski definition) is 12. The number of imide groups is 1. The number of nitrogens with zero attached hydrogens (tertiary/aromatic N) is 6. The van der Waals surface area contributed by atoms with Gasteiger partial charge in [0.15, 0.2) is 0 Å². The number of fused-ring (bicyclic) bond motifs is 2. The van der Waals surface area contributed by atoms with Crippen LogP contribution in [0.25, 0.3) is 10.9 Å². The Morgan fingerprint density at radius 3 is 2.04 bits per heavy atom. The van der Waals surface area contributed by atoms with Crippen LogP contribution in [0.15, 0.2) is 91.1 Å². The van der Waals surface area contributed by atoms with Crippen LogP contribution in [0.4, 0.5) is 27.1 Å². The summed E-state index contributed by atoms with van der Waals surface area (Å²) in [5, 5.41) is 9.02. The molecule has 0 radical (unpaired) electrons. The molecule has 0 bridgehead atoms. The fraction of sp³-hybridized carbons (Fsp3) is 0.418. The number of nitrogens with one attached hydrogen (secondary N) is 3. The van der Waals surface area contributed by atoms with Crippen molar-refractivity contribution in [3.8, 4) is 17.2 Å². The second kappa shape index (κ2) is 20.5. The molecule has 1 aliphatic carbocycles. The third kappa shape index (κ3) is 9.66. The van der Waals surface area contributed by atoms with Crippen LogP contribution in [-0.2, 0) is 14.4 Å². The Bertz CT molecular complexity index is 2850. The van der Waals surface area contributed by atoms with Gasteiger partial charge in [-0.15, -0.1) is 0 Å². The number of halogens is 1. The minimum absolute atomic E-state index is 0.340. The van der Waals surface area contributed by atoms with Crippen LogP contribution in [0.1, 0.15) is 72.6 Å². The van der Waals surface area contributed by atoms with Gasteiger partial charge in [0.1, 0.15) is 34.5 Å². The molecule has 5 amide bonds. The highest BCUT2D eigenvalue weighted by Gasteiger charge is 2.56. The van der Waals surface area contributed by atoms with Crippen molar-refractivity contribution in [3.63, 3.8) is 0 Å². The Kier molecular flexibility index (Phi) is 13.8. The lowest BCUT2D eigenvalue weighted by atomic mass is 9.94. The van der Waals surface area contributed by atoms with Crippen molar-refractivity contribution in [2.45, 2.75) is 64.0 Å². The van der Waals surface area contributed by atoms with E-state index < -0.39 is 35.0 Å². The number of anilines is 4. The third-order valence-corrected chi connectivity index (χ3v) is 15.4. The van der Waals surface area contributed by atoms with Crippen molar-refractivity contribution >= 4 is 63.2 Å². The second-order valence-corrected chi connectivity index (χ2v) is 19.7. The number of amides is 5. The highest BCUT2D eigenvalue weighted by atomic mass is 19.1. The molecule has 5 heterocycles. The van der Waals surface area contributed by atoms with E-state index >= 15 is 0 Å². The van der Waals surface area contributed by atoms with Gasteiger partial charge in [-0.2, -0.15) is 0 Å². The summed E-state index contributed by atoms with van der Waals surface area (Å²) in [6.45, 7) is 10.2. The Morgan fingerprint density at radius 2 is 1.42 bits per heavy atom. The predicted octanol–water partition coefficient (Wildman–Crippen LogP) is 7.16. The SMILES string of the molecule is CCC(C(=O)NC)N1C(=O)c2cccc(N3CCN(C4CCN(CC5CCN(c6cc7nccc(Oc8ccc(NC(=O)C9(C(=O)Nc%10ccc(F)cc%10)CC9)cc8)c7cc6OC)CC5)CC4)CC3)c2C1=O. The number of aromatic nitrogens is 1. The second-order valence-electron chi connectivity index (χ2n) is 19.7. The van der Waals surface area contributed by atoms with E-state index in [-0.39, 0.29) is 11.8 Å². The van der Waals surface area contributed by atoms with Gasteiger partial charge in [0.05, 0.1) is 35.1 Å². The zero-order chi connectivity index (χ0) is 50.1. The van der Waals surface area contributed by atoms with E-state index in [9.17, 15) is 28.4 Å². The van der Waals surface area contributed by atoms with Gasteiger partial charge in [0.2, 0.25) is 17.7 Å². The molecular formula is C55H62FN9O7. The van der Waals surface area contributed by atoms with Gasteiger partial charge in [-0.1, -0.05) is 13.0 Å². The van der Waals surface area contributed by atoms with E-state index in [1.165, 1.54) is 31.3 Å². The van der Waals surface area contributed by atoms with Crippen LogP contribution >= 0.6 is 0 Å². The first-order chi connectivity index (χ1) is 35.0. The Balaban J connectivity index is 0.688. The summed E-state index contributed by atoms with van der Waals surface area (Å²) in [6.07, 6.45) is 7.35. The van der Waals surface area contributed by atoms with Gasteiger partial charge in [0, 0.05) is 81.9 Å². The van der Waals surface area contributed by atoms with Crippen LogP contribution in [0.5, 0.6) is 17.2 Å². The van der Waals surface area contributed by atoms with E-state index in [1.54, 1.807) is 43.6 Å². The molecule has 72 heavy (non-hydrogen) atoms. The minimum atomic E-state index is -1.17. The van der Waals surface area contributed by atoms with Gasteiger partial charge in [-0.25, -0.2) is 4.39 Å². The van der Waals surface area contributed by atoms with E-state index in [1.807, 2.05) is 31.2 Å². The first-order valence-electron chi connectivity index (χ1n) is 25.3. The van der Waals surface area contributed by atoms with Gasteiger partial charge in [0.25, 0.3) is 11.8 Å². The molecule has 17 heteroatoms. The summed E-state index contributed by atoms with van der Waals surface area (Å²) < 4.78 is 25.7. The van der Waals surface area contributed by atoms with E-state index in [4.69, 9.17) is 14.5 Å². The Hall–Kier alpha value is -7.11. The van der Waals surface area contributed by atoms with Crippen molar-refractivity contribution < 1.29 is 37.8 Å². The highest BCUT2D eigenvalue weighted by molar-refractivity contribution is 6.25. The van der Waals surface area contributed by atoms with E-state index in [0.717, 1.165) is 118 Å². The number of likely N-dealkylation sites (N-methyl/N-ethyl adjacent to an activating group) is 1. The minimum Gasteiger partial charge on any atom is -0.495 e. The molecule has 4 fully saturated rings. The summed E-state index contributed by atoms with van der Waals surface area (Å²) >= 11 is 0. The topological polar surface area (TPSA) is 169 Å². The Labute approximate surface area is 418 Å². The lowest BCUT2D eigenvalue weighted by Gasteiger charge is -2.44. The van der Waals surface area contributed by atoms with Crippen molar-refractivity contribution in [1.82, 2.24) is 25.0 Å². The molecular weight excluding hydrogens is 918 g/mol. The lowest BCUT2D eigenvalue weighted by molar-refractivity contribution is -0.131. The molecule has 1 saturated carbocycles. The maximum Gasteiger partial charge on any atom is 0.264 e. The molecule has 5 aromatic rings. The molecule has 16 nitrogen and oxygen atoms in total. The van der Waals surface area contributed by atoms with Crippen LogP contribution in [0.3, 0.4) is 0 Å². The average molecular weight is 980 g/mol. The van der Waals surface area contributed by atoms with Gasteiger partial charge in [-0.05, 0) is 143 Å². The molecule has 1 aromatic heterocycles. The predicted molar refractivity (Wildman–Crippen MR) is 273 cm³/mol. The number of carbonyl (C=O) groups is 5. The number of carbonyl (C=O) groups excluding carboxylic acids is 5. The van der Waals surface area contributed by atoms with Crippen LogP contribution < -0.4 is 35.2 Å². The van der Waals surface area contributed by atoms with Gasteiger partial charge in [-0.3, -0.25) is 38.8 Å². The zero-order valence-electron chi connectivity index (χ0n) is 41.1. The summed E-state index contributed by atoms with van der Waals surface area (Å²) in [5.41, 5.74) is 3.16. The first kappa shape index (κ1) is 48.5. The average Bonchev–Trinajstić information content (AvgIpc) is 4.19. The smallest absolute Gasteiger partial charge is 0.264 e. The molecule has 10 rings (SSSR count). The molecule has 3 saturated heterocycles. The monoisotopic (exact) mass is 979 g/mol. The standard InChI is InChI=1S/C55H62FN9O7/c1-4-44(50(66)57-2)65-51(67)41-6-5-7-45(49(41)52(65)68)64-30-28-62(29-31-64)39-19-24-61(25-20-39)34-35-17-26-63(27-18-35)46-33-43-42(32-48(46)71-3)47(16-23-58-43)72-40-14-12-38(13-15-40)60-54(70)55(21-22-55)53(69)59-37-10-8-36(56)9-11-37/h5-16,23,32-33,35,39,44H,4,17-22,24-31,34H2,1-3H3,(H,57,66)(H,59,69)(H,60,70). The lowest BCUT2D eigenvalue weighted by Crippen LogP contribution is -2.54. The van der Waals surface area contributed by atoms with Crippen molar-refractivity contribution in [1.29, 1.82) is 0 Å². The highest BCUT2D eigenvalue weighted by Crippen LogP contribution is 2.48. The molecule has 5 aliphatic rings. The summed E-state index contributed by atoms with van der Waals surface area (Å²) in [4.78, 5) is 81.7. The quantitative estimate of drug-likeness (QED) is 0.0717. The van der Waals surface area contributed by atoms with Crippen LogP contribution in [0, 0.1) is 17.2 Å². The largest absolute Gasteiger partial charge is 0.495 e. The van der Waals surface area contributed by atoms with Gasteiger partial charge >= 0.3 is 0 Å². The molecule has 376 valence electrons. The number of piperidine rings is 2. The molecule has 0 spiro atoms. The molecule has 4 aliphatic heterocycles. The van der Waals surface area contributed by atoms with Crippen molar-refractivity contribution in [2.75, 3.05) is 93.5 Å². The molecule has 1 atom stereocenters. The van der Waals surface area contributed by atoms with Crippen molar-refractivity contribution in [3.05, 3.63) is 108 Å². The van der Waals surface area contributed by atoms with Crippen molar-refractivity contribution in [2.24, 2.45) is 11.3 Å². The fourth-order valence-corrected chi connectivity index (χ4v) is 11.1. The summed E-state index contributed by atoms with van der Waals surface area (Å²) in [5.74, 6) is 0.199. The number of benzene rings is 4. The molecule has 4 aromatic carbocycles. The zero-order valence-corrected chi connectivity index (χ0v) is 41.1. The number of rotatable bonds is 15. The number of piperazine rings is 1. The number of pyridine rings is 1. The maximum atomic E-state index is 13.7. The number of ether oxygens (including phenoxy) is 2. The summed E-state index contributed by atoms with van der Waals surface area (Å²) in [6, 6.07) is 23.5.